The molecule has 1 fully saturated rings. The van der Waals surface area contributed by atoms with Crippen molar-refractivity contribution in [2.75, 3.05) is 6.67 Å². The first-order valence-electron chi connectivity index (χ1n) is 54.7. The van der Waals surface area contributed by atoms with E-state index in [-0.39, 0.29) is 75.2 Å². The minimum atomic E-state index is -5.24. The molecule has 0 aliphatic heterocycles. The molecule has 0 heterocycles. The molecule has 0 saturated heterocycles. The molecule has 0 bridgehead atoms. The van der Waals surface area contributed by atoms with Gasteiger partial charge in [0.15, 0.2) is 11.3 Å². The Morgan fingerprint density at radius 2 is 0.537 bits per heavy atom. The van der Waals surface area contributed by atoms with Crippen molar-refractivity contribution >= 4 is 0 Å². The van der Waals surface area contributed by atoms with Crippen LogP contribution in [-0.4, -0.2) is 87.0 Å². The Balaban J connectivity index is -0.0000000639. The lowest BCUT2D eigenvalue weighted by atomic mass is 9.91. The fourth-order valence-corrected chi connectivity index (χ4v) is 5.50. The Labute approximate surface area is 890 Å². The van der Waals surface area contributed by atoms with Gasteiger partial charge in [0.1, 0.15) is 0 Å². The Hall–Kier alpha value is -2.80. The van der Waals surface area contributed by atoms with E-state index < -0.39 is 166 Å². The van der Waals surface area contributed by atoms with E-state index in [1.807, 2.05) is 76.2 Å². The van der Waals surface area contributed by atoms with Crippen molar-refractivity contribution in [2.24, 2.45) is 99.0 Å². The standard InChI is InChI=1S/C7H14.2C6H8F6.4C6H11F3.2C6H14.C5H6F6.C5H9F3.C5H11F.2C5H12.2C4H7F3.4C4H10.C3H8.C2H6/c1-7-5-3-2-4-6-7;1-4(6(10,11)12)2-3-5(7,8)9;1-2-3-4(5(7,8)9)6(10,11)12;2*1-3-5(2)4-6(7,8)9;1-3-4-5(2)6(7,8)9;1-2-3-4-5-6(7,8)9;1-5-6(2,3)4;1-5(2)6(3)4;1-3(2,4(6,7)8)5(9,10)11;1-3-4(2)5(6,7)8;1-5(2,3)4-6;1-4-5(2)3;1-3-5-4-2;2*1-3(2)4(5,6)7;2*1-4(2)3;2*1-3-4-2;1-3-2;1-2/h7H,2-6H2,1H3;2*4H,2-3H2,1H3;3*5H,3-4H2,1-2H3;2-5H2,1H3;5H2,1-4H3;5-6H,1-4H3;1-2H3;4H,3H2,1-2H3;4H2,1-3H3;5H,4H2,1-3H3;3-5H2,1-2H3;2*3H,1-2H3;2*4H,1-3H3;2*3-4H2,1-2H3;3H2,1-2H3;1-2H3/t;4-;;3*5-;;;;;;;;;;;;;;;;/m.0.000................/s1/i7D;;;;;;;;;;;;;;3D;;4D;;3D2;;;. The van der Waals surface area contributed by atoms with Crippen molar-refractivity contribution in [2.45, 2.75) is 605 Å². The molecule has 1 aliphatic rings. The summed E-state index contributed by atoms with van der Waals surface area (Å²) in [5.74, 6) is -8.22. The van der Waals surface area contributed by atoms with E-state index in [4.69, 9.17) is 6.85 Å². The average Bonchev–Trinajstić information content (AvgIpc) is 0.788. The van der Waals surface area contributed by atoms with E-state index in [0.717, 1.165) is 77.6 Å². The second-order valence-corrected chi connectivity index (χ2v) is 41.1. The largest absolute Gasteiger partial charge is 0.402 e. The highest BCUT2D eigenvalue weighted by molar-refractivity contribution is 4.84. The molecule has 0 amide bonds. The number of halogens is 40. The number of hydrogen-bond donors (Lipinski definition) is 0. The van der Waals surface area contributed by atoms with Gasteiger partial charge in [-0.1, -0.05) is 453 Å². The predicted octanol–water partition coefficient (Wildman–Crippen LogP) is 52.2. The van der Waals surface area contributed by atoms with Crippen molar-refractivity contribution in [3.8, 4) is 0 Å². The first kappa shape index (κ1) is 182. The Bertz CT molecular complexity index is 2590. The molecule has 149 heavy (non-hydrogen) atoms. The van der Waals surface area contributed by atoms with Gasteiger partial charge in [0.05, 0.1) is 24.4 Å². The molecule has 0 aromatic carbocycles. The Morgan fingerprint density at radius 1 is 0.302 bits per heavy atom. The van der Waals surface area contributed by atoms with Crippen LogP contribution in [0, 0.1) is 99.0 Å². The molecule has 1 saturated carbocycles. The topological polar surface area (TPSA) is 0 Å². The molecule has 0 aromatic heterocycles. The minimum absolute atomic E-state index is 0.0712. The first-order chi connectivity index (χ1) is 67.2. The van der Waals surface area contributed by atoms with Crippen LogP contribution in [-0.2, 0) is 0 Å². The fourth-order valence-electron chi connectivity index (χ4n) is 5.50. The van der Waals surface area contributed by atoms with Gasteiger partial charge in [-0.3, -0.25) is 4.39 Å². The zero-order valence-corrected chi connectivity index (χ0v) is 101. The summed E-state index contributed by atoms with van der Waals surface area (Å²) in [6, 6.07) is 0. The zero-order chi connectivity index (χ0) is 131. The van der Waals surface area contributed by atoms with E-state index in [9.17, 15) is 176 Å². The van der Waals surface area contributed by atoms with E-state index in [1.54, 1.807) is 41.5 Å². The summed E-state index contributed by atoms with van der Waals surface area (Å²) in [6.45, 7) is 84.9. The van der Waals surface area contributed by atoms with Gasteiger partial charge in [0.2, 0.25) is 0 Å². The van der Waals surface area contributed by atoms with E-state index in [1.165, 1.54) is 98.3 Å². The molecule has 0 N–H and O–H groups in total. The summed E-state index contributed by atoms with van der Waals surface area (Å²) < 4.78 is 495. The molecule has 936 valence electrons. The third-order valence-corrected chi connectivity index (χ3v) is 18.4. The van der Waals surface area contributed by atoms with Crippen molar-refractivity contribution < 1.29 is 182 Å². The van der Waals surface area contributed by atoms with Crippen LogP contribution in [0.2, 0.25) is 0 Å². The molecule has 5 atom stereocenters. The van der Waals surface area contributed by atoms with Crippen LogP contribution in [0.3, 0.4) is 0 Å². The highest BCUT2D eigenvalue weighted by Gasteiger charge is 2.64. The lowest BCUT2D eigenvalue weighted by Crippen LogP contribution is -2.44. The summed E-state index contributed by atoms with van der Waals surface area (Å²) in [6.07, 6.45) is -43.0. The monoisotopic (exact) mass is 2290 g/mol. The molecule has 1 aliphatic carbocycles. The van der Waals surface area contributed by atoms with Crippen LogP contribution in [0.25, 0.3) is 0 Å². The average molecular weight is 2300 g/mol. The van der Waals surface area contributed by atoms with E-state index in [2.05, 4.69) is 138 Å². The summed E-state index contributed by atoms with van der Waals surface area (Å²) in [5.41, 5.74) is -3.21. The lowest BCUT2D eigenvalue weighted by molar-refractivity contribution is -0.327. The van der Waals surface area contributed by atoms with Gasteiger partial charge >= 0.3 is 80.3 Å². The van der Waals surface area contributed by atoms with Crippen LogP contribution < -0.4 is 0 Å². The van der Waals surface area contributed by atoms with Crippen LogP contribution in [0.5, 0.6) is 0 Å². The van der Waals surface area contributed by atoms with E-state index >= 15 is 0 Å². The Morgan fingerprint density at radius 3 is 0.611 bits per heavy atom. The second-order valence-electron chi connectivity index (χ2n) is 41.1. The maximum atomic E-state index is 11.7. The third-order valence-electron chi connectivity index (χ3n) is 18.4. The molecule has 1 unspecified atom stereocenters. The van der Waals surface area contributed by atoms with Crippen molar-refractivity contribution in [3.63, 3.8) is 0 Å². The number of unbranched alkanes of at least 4 members (excludes halogenated alkanes) is 5. The Kier molecular flexibility index (Phi) is 133. The maximum Gasteiger partial charge on any atom is 0.402 e. The molecule has 0 spiro atoms. The van der Waals surface area contributed by atoms with Gasteiger partial charge in [0.25, 0.3) is 0 Å². The van der Waals surface area contributed by atoms with Gasteiger partial charge in [-0.05, 0) is 104 Å². The van der Waals surface area contributed by atoms with Gasteiger partial charge in [-0.15, -0.1) is 0 Å². The van der Waals surface area contributed by atoms with Crippen LogP contribution in [0.1, 0.15) is 532 Å². The highest BCUT2D eigenvalue weighted by Crippen LogP contribution is 2.50. The zero-order valence-electron chi connectivity index (χ0n) is 106. The van der Waals surface area contributed by atoms with Gasteiger partial charge in [0, 0.05) is 44.3 Å². The minimum Gasteiger partial charge on any atom is -0.251 e. The molecule has 0 aromatic rings. The molecule has 1 rings (SSSR count). The van der Waals surface area contributed by atoms with Crippen LogP contribution in [0.15, 0.2) is 0 Å². The van der Waals surface area contributed by atoms with Crippen LogP contribution >= 0.6 is 0 Å². The van der Waals surface area contributed by atoms with Crippen molar-refractivity contribution in [3.05, 3.63) is 0 Å². The second kappa shape index (κ2) is 109. The molecule has 0 radical (unpaired) electrons. The van der Waals surface area contributed by atoms with Gasteiger partial charge < -0.3 is 0 Å². The van der Waals surface area contributed by atoms with E-state index in [0.29, 0.717) is 37.5 Å². The summed E-state index contributed by atoms with van der Waals surface area (Å²) in [5, 5.41) is 0. The van der Waals surface area contributed by atoms with Gasteiger partial charge in [-0.2, -0.15) is 171 Å². The summed E-state index contributed by atoms with van der Waals surface area (Å²) in [7, 11) is 0. The quantitative estimate of drug-likeness (QED) is 0.0842. The molecule has 0 nitrogen and oxygen atoms in total. The van der Waals surface area contributed by atoms with Gasteiger partial charge in [-0.25, -0.2) is 0 Å². The summed E-state index contributed by atoms with van der Waals surface area (Å²) in [4.78, 5) is 0. The smallest absolute Gasteiger partial charge is 0.251 e. The first-order valence-corrected chi connectivity index (χ1v) is 52.2. The van der Waals surface area contributed by atoms with Crippen molar-refractivity contribution in [1.29, 1.82) is 0 Å². The highest BCUT2D eigenvalue weighted by atomic mass is 19.5. The fraction of sp³-hybridized carbons (Fsp3) is 1.00. The molecule has 40 heteroatoms. The van der Waals surface area contributed by atoms with Crippen LogP contribution in [0.4, 0.5) is 176 Å². The molecular weight excluding hydrogens is 2070 g/mol. The summed E-state index contributed by atoms with van der Waals surface area (Å²) >= 11 is 0. The third kappa shape index (κ3) is 224. The lowest BCUT2D eigenvalue weighted by Gasteiger charge is -2.29. The molecular formula is C109H220F40. The predicted molar refractivity (Wildman–Crippen MR) is 552 cm³/mol. The SMILES string of the molecule is CC.CC(C)(C(F)(F)F)C(F)(F)F.CC(C)(C)CF.CC(C)C.CC(C)C(C)C.CC(C)C(F)(F)F.CCC.CCC(C)(C)C.CCC(C)C.CCC(C)C(F)(F)F.CCCC.CCCC(C(F)(F)F)C(F)(F)F.CCCCC.CCCCCC(F)(F)F.CCC[C@H](C)C(F)(F)F.CC[C@H](C)CC(F)(F)F.CC[C@H](C)CC(F)(F)F.C[C@@H](CCC(F)(F)F)C(F)(F)F.[2H]C(C)(C)C.[2H]C(C)(C)C(F)(F)F.[2H]C([2H])(C)CC.[2H]C1(C)CCCCC1. The number of alkyl halides is 40. The number of rotatable bonds is 20. The number of hydrogen-bond acceptors (Lipinski definition) is 0. The normalized spacial score (nSPS) is 14.4. The van der Waals surface area contributed by atoms with Crippen molar-refractivity contribution in [1.82, 2.24) is 0 Å². The maximum absolute atomic E-state index is 11.7.